The molecule has 0 saturated carbocycles. The minimum Gasteiger partial charge on any atom is -0.292 e. The first-order valence-electron chi connectivity index (χ1n) is 13.0. The quantitative estimate of drug-likeness (QED) is 0.193. The third-order valence-electron chi connectivity index (χ3n) is 7.48. The van der Waals surface area contributed by atoms with Gasteiger partial charge in [0, 0.05) is 21.9 Å². The van der Waals surface area contributed by atoms with Gasteiger partial charge in [-0.25, -0.2) is 4.68 Å². The standard InChI is InChI=1S/C31H29Cl3N2OS/c1-3-20(19(2)21-8-5-4-6-9-21)17-28(37)30-25-11-7-10-22(16-24-13-15-29(34)38-24)31(25)36(35-30)27-14-12-23(32)18-26(27)33/h4-6,8-9,12-16,18-20H,3,7,10-11,17H2,1-2H3/b22-16+/t19-,20?/m0/s1. The van der Waals surface area contributed by atoms with E-state index >= 15 is 0 Å². The third-order valence-corrected chi connectivity index (χ3v) is 9.19. The van der Waals surface area contributed by atoms with E-state index in [-0.39, 0.29) is 17.6 Å². The predicted octanol–water partition coefficient (Wildman–Crippen LogP) is 10.2. The Morgan fingerprint density at radius 1 is 1.08 bits per heavy atom. The number of Topliss-reactive ketones (excluding diaryl/α,β-unsaturated/α-hetero) is 1. The molecule has 0 N–H and O–H groups in total. The number of rotatable bonds is 8. The molecule has 7 heteroatoms. The summed E-state index contributed by atoms with van der Waals surface area (Å²) in [6.45, 7) is 4.37. The number of ketones is 1. The molecule has 1 aliphatic carbocycles. The largest absolute Gasteiger partial charge is 0.292 e. The Labute approximate surface area is 243 Å². The van der Waals surface area contributed by atoms with Gasteiger partial charge in [0.1, 0.15) is 5.69 Å². The monoisotopic (exact) mass is 582 g/mol. The molecule has 2 heterocycles. The molecular weight excluding hydrogens is 555 g/mol. The fourth-order valence-electron chi connectivity index (χ4n) is 5.40. The lowest BCUT2D eigenvalue weighted by Gasteiger charge is -2.22. The van der Waals surface area contributed by atoms with Gasteiger partial charge in [-0.1, -0.05) is 85.4 Å². The molecule has 196 valence electrons. The number of thiophene rings is 1. The summed E-state index contributed by atoms with van der Waals surface area (Å²) in [6.07, 6.45) is 6.17. The Balaban J connectivity index is 1.58. The van der Waals surface area contributed by atoms with Gasteiger partial charge in [0.05, 0.1) is 20.7 Å². The lowest BCUT2D eigenvalue weighted by molar-refractivity contribution is 0.0947. The van der Waals surface area contributed by atoms with Crippen molar-refractivity contribution in [2.24, 2.45) is 5.92 Å². The molecule has 1 unspecified atom stereocenters. The Hall–Kier alpha value is -2.37. The highest BCUT2D eigenvalue weighted by Crippen LogP contribution is 2.40. The molecule has 0 amide bonds. The van der Waals surface area contributed by atoms with Crippen LogP contribution in [-0.2, 0) is 6.42 Å². The highest BCUT2D eigenvalue weighted by molar-refractivity contribution is 7.17. The van der Waals surface area contributed by atoms with Crippen molar-refractivity contribution in [3.8, 4) is 5.69 Å². The van der Waals surface area contributed by atoms with E-state index in [1.54, 1.807) is 12.1 Å². The van der Waals surface area contributed by atoms with Crippen molar-refractivity contribution in [3.05, 3.63) is 102 Å². The number of halogens is 3. The highest BCUT2D eigenvalue weighted by atomic mass is 35.5. The number of allylic oxidation sites excluding steroid dienone is 1. The van der Waals surface area contributed by atoms with E-state index in [1.807, 2.05) is 28.9 Å². The number of hydrogen-bond donors (Lipinski definition) is 0. The van der Waals surface area contributed by atoms with Gasteiger partial charge < -0.3 is 0 Å². The zero-order valence-corrected chi connectivity index (χ0v) is 24.5. The highest BCUT2D eigenvalue weighted by Gasteiger charge is 2.31. The van der Waals surface area contributed by atoms with Gasteiger partial charge in [-0.3, -0.25) is 4.79 Å². The first-order valence-corrected chi connectivity index (χ1v) is 14.9. The molecule has 1 aliphatic rings. The normalized spacial score (nSPS) is 15.9. The molecule has 5 rings (SSSR count). The third kappa shape index (κ3) is 5.65. The summed E-state index contributed by atoms with van der Waals surface area (Å²) in [7, 11) is 0. The molecule has 0 radical (unpaired) electrons. The van der Waals surface area contributed by atoms with Gasteiger partial charge in [-0.05, 0) is 78.6 Å². The average Bonchev–Trinajstić information content (AvgIpc) is 3.51. The summed E-state index contributed by atoms with van der Waals surface area (Å²) in [5, 5.41) is 6.00. The van der Waals surface area contributed by atoms with Crippen molar-refractivity contribution in [1.82, 2.24) is 9.78 Å². The van der Waals surface area contributed by atoms with Crippen molar-refractivity contribution in [2.75, 3.05) is 0 Å². The SMILES string of the molecule is CCC(CC(=O)c1nn(-c2ccc(Cl)cc2Cl)c2c1CCC/C2=C\c1ccc(Cl)s1)[C@H](C)c1ccccc1. The number of carbonyl (C=O) groups is 1. The van der Waals surface area contributed by atoms with Crippen LogP contribution in [0.4, 0.5) is 0 Å². The zero-order chi connectivity index (χ0) is 26.8. The number of aromatic nitrogens is 2. The van der Waals surface area contributed by atoms with Crippen LogP contribution in [0.5, 0.6) is 0 Å². The average molecular weight is 584 g/mol. The van der Waals surface area contributed by atoms with Crippen LogP contribution in [0.25, 0.3) is 17.3 Å². The second-order valence-corrected chi connectivity index (χ2v) is 12.4. The van der Waals surface area contributed by atoms with Crippen molar-refractivity contribution < 1.29 is 4.79 Å². The molecule has 0 fully saturated rings. The minimum atomic E-state index is 0.0835. The molecule has 3 nitrogen and oxygen atoms in total. The summed E-state index contributed by atoms with van der Waals surface area (Å²) in [5.74, 6) is 0.574. The zero-order valence-electron chi connectivity index (χ0n) is 21.4. The van der Waals surface area contributed by atoms with E-state index in [1.165, 1.54) is 16.9 Å². The Bertz CT molecular complexity index is 1490. The number of fused-ring (bicyclic) bond motifs is 1. The molecule has 2 atom stereocenters. The van der Waals surface area contributed by atoms with Crippen molar-refractivity contribution in [1.29, 1.82) is 0 Å². The predicted molar refractivity (Wildman–Crippen MR) is 161 cm³/mol. The molecule has 0 aliphatic heterocycles. The van der Waals surface area contributed by atoms with Gasteiger partial charge in [0.2, 0.25) is 0 Å². The smallest absolute Gasteiger partial charge is 0.183 e. The first-order chi connectivity index (χ1) is 18.4. The van der Waals surface area contributed by atoms with E-state index in [0.29, 0.717) is 27.8 Å². The summed E-state index contributed by atoms with van der Waals surface area (Å²) in [4.78, 5) is 15.0. The summed E-state index contributed by atoms with van der Waals surface area (Å²) < 4.78 is 2.60. The minimum absolute atomic E-state index is 0.0835. The Morgan fingerprint density at radius 3 is 2.55 bits per heavy atom. The topological polar surface area (TPSA) is 34.9 Å². The van der Waals surface area contributed by atoms with E-state index in [9.17, 15) is 4.79 Å². The maximum atomic E-state index is 13.9. The van der Waals surface area contributed by atoms with Crippen LogP contribution in [0.2, 0.25) is 14.4 Å². The van der Waals surface area contributed by atoms with E-state index in [0.717, 1.165) is 51.7 Å². The molecular formula is C31H29Cl3N2OS. The van der Waals surface area contributed by atoms with Gasteiger partial charge >= 0.3 is 0 Å². The van der Waals surface area contributed by atoms with Crippen LogP contribution in [0, 0.1) is 5.92 Å². The van der Waals surface area contributed by atoms with Gasteiger partial charge in [0.15, 0.2) is 5.78 Å². The molecule has 4 aromatic rings. The fourth-order valence-corrected chi connectivity index (χ4v) is 6.92. The maximum absolute atomic E-state index is 13.9. The van der Waals surface area contributed by atoms with Crippen molar-refractivity contribution in [3.63, 3.8) is 0 Å². The number of benzene rings is 2. The van der Waals surface area contributed by atoms with Crippen LogP contribution in [0.15, 0.2) is 60.7 Å². The van der Waals surface area contributed by atoms with Crippen LogP contribution >= 0.6 is 46.1 Å². The molecule has 0 saturated heterocycles. The van der Waals surface area contributed by atoms with Crippen LogP contribution < -0.4 is 0 Å². The lowest BCUT2D eigenvalue weighted by atomic mass is 9.81. The summed E-state index contributed by atoms with van der Waals surface area (Å²) >= 11 is 20.6. The molecule has 38 heavy (non-hydrogen) atoms. The van der Waals surface area contributed by atoms with Crippen molar-refractivity contribution >= 4 is 63.6 Å². The van der Waals surface area contributed by atoms with Gasteiger partial charge in [-0.2, -0.15) is 5.10 Å². The maximum Gasteiger partial charge on any atom is 0.183 e. The summed E-state index contributed by atoms with van der Waals surface area (Å²) in [6, 6.07) is 19.7. The van der Waals surface area contributed by atoms with Gasteiger partial charge in [0.25, 0.3) is 0 Å². The Morgan fingerprint density at radius 2 is 1.87 bits per heavy atom. The fraction of sp³-hybridized carbons (Fsp3) is 0.290. The molecule has 0 spiro atoms. The molecule has 0 bridgehead atoms. The second kappa shape index (κ2) is 11.8. The number of nitrogens with zero attached hydrogens (tertiary/aromatic N) is 2. The van der Waals surface area contributed by atoms with Crippen molar-refractivity contribution in [2.45, 2.75) is 51.9 Å². The lowest BCUT2D eigenvalue weighted by Crippen LogP contribution is -2.16. The summed E-state index contributed by atoms with van der Waals surface area (Å²) in [5.41, 5.74) is 5.62. The van der Waals surface area contributed by atoms with E-state index in [2.05, 4.69) is 44.2 Å². The first kappa shape index (κ1) is 27.2. The second-order valence-electron chi connectivity index (χ2n) is 9.84. The van der Waals surface area contributed by atoms with E-state index in [4.69, 9.17) is 39.9 Å². The van der Waals surface area contributed by atoms with Crippen LogP contribution in [-0.4, -0.2) is 15.6 Å². The van der Waals surface area contributed by atoms with Crippen LogP contribution in [0.1, 0.15) is 77.6 Å². The Kier molecular flexibility index (Phi) is 8.44. The number of hydrogen-bond acceptors (Lipinski definition) is 3. The number of carbonyl (C=O) groups excluding carboxylic acids is 1. The molecule has 2 aromatic heterocycles. The van der Waals surface area contributed by atoms with E-state index < -0.39 is 0 Å². The molecule has 2 aromatic carbocycles. The van der Waals surface area contributed by atoms with Crippen LogP contribution in [0.3, 0.4) is 0 Å². The van der Waals surface area contributed by atoms with Gasteiger partial charge in [-0.15, -0.1) is 11.3 Å².